The first-order chi connectivity index (χ1) is 22.5. The second-order valence-corrected chi connectivity index (χ2v) is 11.6. The Kier molecular flexibility index (Phi) is 9.13. The second-order valence-electron chi connectivity index (χ2n) is 11.6. The Morgan fingerprint density at radius 2 is 1.26 bits per heavy atom. The van der Waals surface area contributed by atoms with Gasteiger partial charge in [0.15, 0.2) is 5.82 Å². The number of benzene rings is 5. The molecule has 230 valence electrons. The van der Waals surface area contributed by atoms with Gasteiger partial charge in [-0.25, -0.2) is 4.68 Å². The molecule has 0 amide bonds. The summed E-state index contributed by atoms with van der Waals surface area (Å²) in [5.74, 6) is 0.398. The van der Waals surface area contributed by atoms with Crippen molar-refractivity contribution >= 4 is 5.97 Å². The second kappa shape index (κ2) is 13.7. The minimum Gasteiger partial charge on any atom is -0.468 e. The van der Waals surface area contributed by atoms with Crippen molar-refractivity contribution in [2.24, 2.45) is 5.92 Å². The molecule has 1 unspecified atom stereocenters. The van der Waals surface area contributed by atoms with E-state index in [0.29, 0.717) is 12.4 Å². The molecule has 0 saturated carbocycles. The van der Waals surface area contributed by atoms with E-state index in [1.165, 1.54) is 7.11 Å². The van der Waals surface area contributed by atoms with E-state index in [4.69, 9.17) is 15.0 Å². The average Bonchev–Trinajstić information content (AvgIpc) is 3.60. The van der Waals surface area contributed by atoms with Crippen LogP contribution in [0.15, 0.2) is 140 Å². The van der Waals surface area contributed by atoms with Crippen molar-refractivity contribution < 1.29 is 9.53 Å². The standard InChI is InChI=1S/C39H37N5O2/c1-28(2)36(38(45)46-3)40-27-29-24-25-34(30-16-8-4-9-17-30)35(26-29)37-41-42-43-44(37)39(31-18-10-5-11-19-31,32-20-12-6-13-21-32)33-22-14-7-15-23-33/h4-26,28,36,40H,27H2,1-3H3. The highest BCUT2D eigenvalue weighted by Crippen LogP contribution is 2.43. The van der Waals surface area contributed by atoms with Gasteiger partial charge in [0.1, 0.15) is 11.6 Å². The molecule has 0 fully saturated rings. The van der Waals surface area contributed by atoms with Crippen LogP contribution < -0.4 is 5.32 Å². The van der Waals surface area contributed by atoms with Gasteiger partial charge >= 0.3 is 5.97 Å². The Hall–Kier alpha value is -5.40. The number of carbonyl (C=O) groups is 1. The Morgan fingerprint density at radius 3 is 1.76 bits per heavy atom. The molecule has 1 N–H and O–H groups in total. The first-order valence-corrected chi connectivity index (χ1v) is 15.5. The van der Waals surface area contributed by atoms with E-state index in [0.717, 1.165) is 38.9 Å². The third-order valence-electron chi connectivity index (χ3n) is 8.42. The lowest BCUT2D eigenvalue weighted by atomic mass is 9.77. The minimum atomic E-state index is -0.890. The Balaban J connectivity index is 1.59. The quantitative estimate of drug-likeness (QED) is 0.125. The number of nitrogens with zero attached hydrogens (tertiary/aromatic N) is 4. The van der Waals surface area contributed by atoms with Crippen molar-refractivity contribution in [1.29, 1.82) is 0 Å². The lowest BCUT2D eigenvalue weighted by Gasteiger charge is -2.36. The molecular formula is C39H37N5O2. The number of methoxy groups -OCH3 is 1. The van der Waals surface area contributed by atoms with Crippen molar-refractivity contribution in [3.8, 4) is 22.5 Å². The average molecular weight is 608 g/mol. The predicted octanol–water partition coefficient (Wildman–Crippen LogP) is 7.13. The Labute approximate surface area is 269 Å². The third-order valence-corrected chi connectivity index (χ3v) is 8.42. The van der Waals surface area contributed by atoms with Crippen LogP contribution in [0.4, 0.5) is 0 Å². The Morgan fingerprint density at radius 1 is 0.739 bits per heavy atom. The summed E-state index contributed by atoms with van der Waals surface area (Å²) in [5.41, 5.74) is 6.10. The summed E-state index contributed by atoms with van der Waals surface area (Å²) in [6.45, 7) is 4.47. The highest BCUT2D eigenvalue weighted by atomic mass is 16.5. The number of hydrogen-bond acceptors (Lipinski definition) is 6. The summed E-state index contributed by atoms with van der Waals surface area (Å²) in [7, 11) is 1.42. The van der Waals surface area contributed by atoms with Crippen molar-refractivity contribution in [1.82, 2.24) is 25.5 Å². The molecule has 6 rings (SSSR count). The molecule has 1 atom stereocenters. The minimum absolute atomic E-state index is 0.0612. The number of nitrogens with one attached hydrogen (secondary N) is 1. The molecule has 0 aliphatic rings. The Bertz CT molecular complexity index is 1780. The lowest BCUT2D eigenvalue weighted by Crippen LogP contribution is -2.41. The van der Waals surface area contributed by atoms with Crippen LogP contribution in [-0.2, 0) is 21.6 Å². The molecule has 0 bridgehead atoms. The number of carbonyl (C=O) groups excluding carboxylic acids is 1. The van der Waals surface area contributed by atoms with E-state index in [9.17, 15) is 4.79 Å². The van der Waals surface area contributed by atoms with Gasteiger partial charge in [-0.15, -0.1) is 5.10 Å². The molecule has 1 heterocycles. The van der Waals surface area contributed by atoms with Gasteiger partial charge in [0.05, 0.1) is 7.11 Å². The molecule has 0 aliphatic carbocycles. The van der Waals surface area contributed by atoms with Crippen molar-refractivity contribution in [3.63, 3.8) is 0 Å². The summed E-state index contributed by atoms with van der Waals surface area (Å²) in [5, 5.41) is 17.2. The summed E-state index contributed by atoms with van der Waals surface area (Å²) in [4.78, 5) is 12.5. The van der Waals surface area contributed by atoms with Gasteiger partial charge in [0.2, 0.25) is 0 Å². The molecule has 7 heteroatoms. The lowest BCUT2D eigenvalue weighted by molar-refractivity contribution is -0.144. The number of rotatable bonds is 11. The molecule has 0 spiro atoms. The largest absolute Gasteiger partial charge is 0.468 e. The maximum atomic E-state index is 12.5. The maximum Gasteiger partial charge on any atom is 0.323 e. The van der Waals surface area contributed by atoms with Crippen LogP contribution in [0, 0.1) is 5.92 Å². The fourth-order valence-corrected chi connectivity index (χ4v) is 6.19. The predicted molar refractivity (Wildman–Crippen MR) is 181 cm³/mol. The normalized spacial score (nSPS) is 12.2. The van der Waals surface area contributed by atoms with E-state index < -0.39 is 11.6 Å². The van der Waals surface area contributed by atoms with E-state index in [1.807, 2.05) is 91.3 Å². The van der Waals surface area contributed by atoms with E-state index in [2.05, 4.69) is 77.3 Å². The van der Waals surface area contributed by atoms with Gasteiger partial charge in [0.25, 0.3) is 0 Å². The summed E-state index contributed by atoms with van der Waals surface area (Å²) >= 11 is 0. The number of aromatic nitrogens is 4. The first-order valence-electron chi connectivity index (χ1n) is 15.5. The van der Waals surface area contributed by atoms with Crippen LogP contribution in [0.2, 0.25) is 0 Å². The maximum absolute atomic E-state index is 12.5. The van der Waals surface area contributed by atoms with Gasteiger partial charge in [0, 0.05) is 12.1 Å². The van der Waals surface area contributed by atoms with Crippen molar-refractivity contribution in [2.75, 3.05) is 7.11 Å². The molecule has 46 heavy (non-hydrogen) atoms. The molecule has 7 nitrogen and oxygen atoms in total. The molecule has 6 aromatic rings. The molecule has 1 aromatic heterocycles. The van der Waals surface area contributed by atoms with Crippen LogP contribution in [0.1, 0.15) is 36.1 Å². The van der Waals surface area contributed by atoms with Crippen LogP contribution >= 0.6 is 0 Å². The van der Waals surface area contributed by atoms with Gasteiger partial charge in [-0.05, 0) is 55.8 Å². The fourth-order valence-electron chi connectivity index (χ4n) is 6.19. The van der Waals surface area contributed by atoms with Gasteiger partial charge in [-0.2, -0.15) is 0 Å². The number of esters is 1. The SMILES string of the molecule is COC(=O)C(NCc1ccc(-c2ccccc2)c(-c2nnnn2C(c2ccccc2)(c2ccccc2)c2ccccc2)c1)C(C)C. The molecule has 0 saturated heterocycles. The summed E-state index contributed by atoms with van der Waals surface area (Å²) < 4.78 is 7.03. The molecule has 5 aromatic carbocycles. The monoisotopic (exact) mass is 607 g/mol. The number of hydrogen-bond donors (Lipinski definition) is 1. The van der Waals surface area contributed by atoms with E-state index >= 15 is 0 Å². The van der Waals surface area contributed by atoms with E-state index in [-0.39, 0.29) is 11.9 Å². The zero-order valence-electron chi connectivity index (χ0n) is 26.2. The number of tetrazole rings is 1. The van der Waals surface area contributed by atoms with E-state index in [1.54, 1.807) is 0 Å². The topological polar surface area (TPSA) is 81.9 Å². The van der Waals surface area contributed by atoms with Crippen LogP contribution in [0.3, 0.4) is 0 Å². The summed E-state index contributed by atoms with van der Waals surface area (Å²) in [6.07, 6.45) is 0. The highest BCUT2D eigenvalue weighted by Gasteiger charge is 2.42. The van der Waals surface area contributed by atoms with Crippen LogP contribution in [0.5, 0.6) is 0 Å². The third kappa shape index (κ3) is 5.85. The molecule has 0 aliphatic heterocycles. The molecular weight excluding hydrogens is 570 g/mol. The van der Waals surface area contributed by atoms with Gasteiger partial charge in [-0.3, -0.25) is 4.79 Å². The van der Waals surface area contributed by atoms with Gasteiger partial charge < -0.3 is 10.1 Å². The zero-order valence-corrected chi connectivity index (χ0v) is 26.2. The van der Waals surface area contributed by atoms with Crippen LogP contribution in [0.25, 0.3) is 22.5 Å². The van der Waals surface area contributed by atoms with Gasteiger partial charge in [-0.1, -0.05) is 147 Å². The summed E-state index contributed by atoms with van der Waals surface area (Å²) in [6, 6.07) is 47.3. The highest BCUT2D eigenvalue weighted by molar-refractivity contribution is 5.81. The number of ether oxygens (including phenoxy) is 1. The first kappa shape index (κ1) is 30.6. The zero-order chi connectivity index (χ0) is 31.9. The van der Waals surface area contributed by atoms with Crippen LogP contribution in [-0.4, -0.2) is 39.3 Å². The van der Waals surface area contributed by atoms with Crippen molar-refractivity contribution in [3.05, 3.63) is 162 Å². The smallest absolute Gasteiger partial charge is 0.323 e. The fraction of sp³-hybridized carbons (Fsp3) is 0.179. The molecule has 0 radical (unpaired) electrons. The van der Waals surface area contributed by atoms with Crippen molar-refractivity contribution in [2.45, 2.75) is 32.0 Å².